The molecule has 2 aromatic heterocycles. The van der Waals surface area contributed by atoms with Gasteiger partial charge in [-0.15, -0.1) is 10.2 Å². The smallest absolute Gasteiger partial charge is 0.191 e. The molecule has 152 valence electrons. The van der Waals surface area contributed by atoms with E-state index in [0.29, 0.717) is 5.75 Å². The highest BCUT2D eigenvalue weighted by Gasteiger charge is 2.18. The standard InChI is InChI=1S/C24H24N4OS/c1-17-14-21(18(2)28(17)20-12-8-5-9-13-20)22(29)16-30-24-26-25-23(27(24)3)15-19-10-6-4-7-11-19/h4-14H,15-16H2,1-3H3. The van der Waals surface area contributed by atoms with Gasteiger partial charge in [0, 0.05) is 36.1 Å². The summed E-state index contributed by atoms with van der Waals surface area (Å²) in [5.41, 5.74) is 5.03. The van der Waals surface area contributed by atoms with Crippen molar-refractivity contribution in [2.45, 2.75) is 25.4 Å². The lowest BCUT2D eigenvalue weighted by Gasteiger charge is -2.09. The molecule has 0 unspecified atom stereocenters. The molecule has 0 atom stereocenters. The van der Waals surface area contributed by atoms with E-state index in [1.54, 1.807) is 0 Å². The van der Waals surface area contributed by atoms with Gasteiger partial charge in [0.15, 0.2) is 10.9 Å². The average Bonchev–Trinajstić information content (AvgIpc) is 3.26. The van der Waals surface area contributed by atoms with Crippen LogP contribution in [0.15, 0.2) is 71.9 Å². The second-order valence-electron chi connectivity index (χ2n) is 7.29. The van der Waals surface area contributed by atoms with Gasteiger partial charge in [-0.25, -0.2) is 0 Å². The molecule has 0 radical (unpaired) electrons. The molecule has 0 amide bonds. The summed E-state index contributed by atoms with van der Waals surface area (Å²) in [6, 6.07) is 22.3. The number of thioether (sulfide) groups is 1. The molecule has 4 aromatic rings. The van der Waals surface area contributed by atoms with E-state index in [1.165, 1.54) is 17.3 Å². The number of rotatable bonds is 7. The van der Waals surface area contributed by atoms with E-state index in [1.807, 2.05) is 67.9 Å². The Hall–Kier alpha value is -3.12. The Kier molecular flexibility index (Phi) is 5.86. The van der Waals surface area contributed by atoms with Crippen molar-refractivity contribution in [2.24, 2.45) is 7.05 Å². The molecule has 0 saturated carbocycles. The fraction of sp³-hybridized carbons (Fsp3) is 0.208. The third kappa shape index (κ3) is 4.09. The SMILES string of the molecule is Cc1cc(C(=O)CSc2nnc(Cc3ccccc3)n2C)c(C)n1-c1ccccc1. The van der Waals surface area contributed by atoms with Gasteiger partial charge < -0.3 is 9.13 Å². The first-order valence-electron chi connectivity index (χ1n) is 9.87. The zero-order valence-electron chi connectivity index (χ0n) is 17.4. The molecule has 0 saturated heterocycles. The van der Waals surface area contributed by atoms with Gasteiger partial charge in [0.2, 0.25) is 0 Å². The lowest BCUT2D eigenvalue weighted by Crippen LogP contribution is -2.07. The van der Waals surface area contributed by atoms with Crippen LogP contribution < -0.4 is 0 Å². The number of para-hydroxylation sites is 1. The maximum atomic E-state index is 13.0. The summed E-state index contributed by atoms with van der Waals surface area (Å²) in [5, 5.41) is 9.36. The third-order valence-corrected chi connectivity index (χ3v) is 6.23. The first-order chi connectivity index (χ1) is 14.5. The maximum absolute atomic E-state index is 13.0. The molecule has 5 nitrogen and oxygen atoms in total. The second kappa shape index (κ2) is 8.71. The number of Topliss-reactive ketones (excluding diaryl/α,β-unsaturated/α-hetero) is 1. The monoisotopic (exact) mass is 416 g/mol. The van der Waals surface area contributed by atoms with E-state index in [4.69, 9.17) is 0 Å². The average molecular weight is 417 g/mol. The van der Waals surface area contributed by atoms with Crippen LogP contribution in [0.2, 0.25) is 0 Å². The number of aromatic nitrogens is 4. The molecule has 4 rings (SSSR count). The highest BCUT2D eigenvalue weighted by molar-refractivity contribution is 7.99. The molecule has 0 aliphatic carbocycles. The Morgan fingerprint density at radius 1 is 0.967 bits per heavy atom. The highest BCUT2D eigenvalue weighted by Crippen LogP contribution is 2.24. The van der Waals surface area contributed by atoms with Crippen LogP contribution in [0.1, 0.15) is 33.1 Å². The highest BCUT2D eigenvalue weighted by atomic mass is 32.2. The quantitative estimate of drug-likeness (QED) is 0.321. The predicted octanol–water partition coefficient (Wildman–Crippen LogP) is 4.79. The number of ketones is 1. The Morgan fingerprint density at radius 2 is 1.63 bits per heavy atom. The van der Waals surface area contributed by atoms with E-state index >= 15 is 0 Å². The van der Waals surface area contributed by atoms with Gasteiger partial charge >= 0.3 is 0 Å². The van der Waals surface area contributed by atoms with Crippen LogP contribution in [0, 0.1) is 13.8 Å². The summed E-state index contributed by atoms with van der Waals surface area (Å²) in [5.74, 6) is 1.32. The van der Waals surface area contributed by atoms with Crippen molar-refractivity contribution < 1.29 is 4.79 Å². The van der Waals surface area contributed by atoms with E-state index in [2.05, 4.69) is 39.0 Å². The predicted molar refractivity (Wildman–Crippen MR) is 121 cm³/mol. The molecule has 0 fully saturated rings. The lowest BCUT2D eigenvalue weighted by atomic mass is 10.1. The van der Waals surface area contributed by atoms with Gasteiger partial charge in [0.1, 0.15) is 5.82 Å². The van der Waals surface area contributed by atoms with Crippen LogP contribution in [-0.4, -0.2) is 30.9 Å². The van der Waals surface area contributed by atoms with Gasteiger partial charge in [0.25, 0.3) is 0 Å². The molecule has 0 bridgehead atoms. The number of carbonyl (C=O) groups excluding carboxylic acids is 1. The fourth-order valence-corrected chi connectivity index (χ4v) is 4.44. The second-order valence-corrected chi connectivity index (χ2v) is 8.23. The Balaban J connectivity index is 1.47. The molecular formula is C24H24N4OS. The zero-order valence-corrected chi connectivity index (χ0v) is 18.2. The van der Waals surface area contributed by atoms with Crippen LogP contribution in [0.4, 0.5) is 0 Å². The maximum Gasteiger partial charge on any atom is 0.191 e. The van der Waals surface area contributed by atoms with E-state index in [9.17, 15) is 4.79 Å². The van der Waals surface area contributed by atoms with Crippen LogP contribution in [0.3, 0.4) is 0 Å². The Bertz CT molecular complexity index is 1160. The molecule has 2 aromatic carbocycles. The summed E-state index contributed by atoms with van der Waals surface area (Å²) in [7, 11) is 1.95. The van der Waals surface area contributed by atoms with E-state index < -0.39 is 0 Å². The number of carbonyl (C=O) groups is 1. The summed E-state index contributed by atoms with van der Waals surface area (Å²) in [6.07, 6.45) is 0.719. The topological polar surface area (TPSA) is 52.7 Å². The molecule has 2 heterocycles. The van der Waals surface area contributed by atoms with Gasteiger partial charge in [-0.2, -0.15) is 0 Å². The van der Waals surface area contributed by atoms with Crippen molar-refractivity contribution >= 4 is 17.5 Å². The Labute approximate surface area is 180 Å². The van der Waals surface area contributed by atoms with Crippen molar-refractivity contribution in [2.75, 3.05) is 5.75 Å². The fourth-order valence-electron chi connectivity index (χ4n) is 3.63. The molecule has 0 spiro atoms. The Morgan fingerprint density at radius 3 is 2.33 bits per heavy atom. The van der Waals surface area contributed by atoms with Gasteiger partial charge in [-0.1, -0.05) is 60.3 Å². The number of hydrogen-bond acceptors (Lipinski definition) is 4. The van der Waals surface area contributed by atoms with E-state index in [-0.39, 0.29) is 5.78 Å². The number of aryl methyl sites for hydroxylation is 1. The number of benzene rings is 2. The molecule has 0 N–H and O–H groups in total. The summed E-state index contributed by atoms with van der Waals surface area (Å²) in [4.78, 5) is 13.0. The third-order valence-electron chi connectivity index (χ3n) is 5.21. The minimum Gasteiger partial charge on any atom is -0.318 e. The van der Waals surface area contributed by atoms with E-state index in [0.717, 1.165) is 40.0 Å². The largest absolute Gasteiger partial charge is 0.318 e. The van der Waals surface area contributed by atoms with Crippen molar-refractivity contribution in [1.29, 1.82) is 0 Å². The minimum absolute atomic E-state index is 0.0999. The van der Waals surface area contributed by atoms with Crippen molar-refractivity contribution in [3.8, 4) is 5.69 Å². The normalized spacial score (nSPS) is 11.0. The lowest BCUT2D eigenvalue weighted by molar-refractivity contribution is 0.102. The number of hydrogen-bond donors (Lipinski definition) is 0. The first-order valence-corrected chi connectivity index (χ1v) is 10.9. The summed E-state index contributed by atoms with van der Waals surface area (Å²) >= 11 is 1.43. The van der Waals surface area contributed by atoms with Crippen LogP contribution in [0.5, 0.6) is 0 Å². The van der Waals surface area contributed by atoms with Crippen molar-refractivity contribution in [3.05, 3.63) is 95.1 Å². The van der Waals surface area contributed by atoms with Gasteiger partial charge in [0.05, 0.1) is 5.75 Å². The molecular weight excluding hydrogens is 392 g/mol. The van der Waals surface area contributed by atoms with Crippen LogP contribution >= 0.6 is 11.8 Å². The molecule has 0 aliphatic rings. The van der Waals surface area contributed by atoms with Crippen LogP contribution in [0.25, 0.3) is 5.69 Å². The number of nitrogens with zero attached hydrogens (tertiary/aromatic N) is 4. The molecule has 0 aliphatic heterocycles. The van der Waals surface area contributed by atoms with Gasteiger partial charge in [-0.3, -0.25) is 4.79 Å². The first kappa shape index (κ1) is 20.2. The minimum atomic E-state index is 0.0999. The molecule has 30 heavy (non-hydrogen) atoms. The summed E-state index contributed by atoms with van der Waals surface area (Å²) < 4.78 is 4.09. The summed E-state index contributed by atoms with van der Waals surface area (Å²) in [6.45, 7) is 4.03. The molecule has 6 heteroatoms. The van der Waals surface area contributed by atoms with Crippen LogP contribution in [-0.2, 0) is 13.5 Å². The van der Waals surface area contributed by atoms with Gasteiger partial charge in [-0.05, 0) is 37.6 Å². The van der Waals surface area contributed by atoms with Crippen molar-refractivity contribution in [3.63, 3.8) is 0 Å². The van der Waals surface area contributed by atoms with Crippen molar-refractivity contribution in [1.82, 2.24) is 19.3 Å². The zero-order chi connectivity index (χ0) is 21.1.